The molecule has 0 aliphatic heterocycles. The monoisotopic (exact) mass is 379 g/mol. The van der Waals surface area contributed by atoms with E-state index in [1.165, 1.54) is 30.0 Å². The molecule has 3 heterocycles. The Balaban J connectivity index is 2.04. The first-order valence-corrected chi connectivity index (χ1v) is 8.75. The van der Waals surface area contributed by atoms with Gasteiger partial charge in [0.2, 0.25) is 0 Å². The second-order valence-corrected chi connectivity index (χ2v) is 6.60. The zero-order valence-corrected chi connectivity index (χ0v) is 15.6. The summed E-state index contributed by atoms with van der Waals surface area (Å²) in [5.74, 6) is -0.0492. The van der Waals surface area contributed by atoms with Gasteiger partial charge in [0.05, 0.1) is 36.1 Å². The van der Waals surface area contributed by atoms with Crippen molar-refractivity contribution in [2.45, 2.75) is 19.9 Å². The van der Waals surface area contributed by atoms with Gasteiger partial charge in [0, 0.05) is 30.1 Å². The number of benzene rings is 1. The number of hydrogen-bond acceptors (Lipinski definition) is 5. The standard InChI is InChI=1S/C20H18FN5O2/c1-12(2)26-18(27)5-4-16(23-26)19-17-11-22-6-7-25(17)24-20(19)13-8-14(21)10-15(9-13)28-3/h4-12H,1-3H3. The molecule has 28 heavy (non-hydrogen) atoms. The largest absolute Gasteiger partial charge is 0.497 e. The van der Waals surface area contributed by atoms with Gasteiger partial charge in [0.1, 0.15) is 17.3 Å². The maximum Gasteiger partial charge on any atom is 0.267 e. The van der Waals surface area contributed by atoms with Crippen LogP contribution in [0.15, 0.2) is 53.7 Å². The molecule has 0 unspecified atom stereocenters. The van der Waals surface area contributed by atoms with E-state index in [1.54, 1.807) is 35.2 Å². The summed E-state index contributed by atoms with van der Waals surface area (Å²) in [5.41, 5.74) is 2.78. The highest BCUT2D eigenvalue weighted by molar-refractivity contribution is 5.90. The van der Waals surface area contributed by atoms with Crippen molar-refractivity contribution in [3.05, 3.63) is 65.1 Å². The second-order valence-electron chi connectivity index (χ2n) is 6.60. The molecule has 0 atom stereocenters. The second kappa shape index (κ2) is 6.88. The molecule has 8 heteroatoms. The summed E-state index contributed by atoms with van der Waals surface area (Å²) in [6.45, 7) is 3.77. The Labute approximate surface area is 160 Å². The van der Waals surface area contributed by atoms with E-state index < -0.39 is 5.82 Å². The average Bonchev–Trinajstić information content (AvgIpc) is 3.07. The molecular formula is C20H18FN5O2. The van der Waals surface area contributed by atoms with Gasteiger partial charge in [-0.05, 0) is 32.0 Å². The molecule has 0 N–H and O–H groups in total. The molecule has 0 bridgehead atoms. The van der Waals surface area contributed by atoms with Crippen LogP contribution in [0.2, 0.25) is 0 Å². The van der Waals surface area contributed by atoms with Gasteiger partial charge in [0.25, 0.3) is 5.56 Å². The van der Waals surface area contributed by atoms with Gasteiger partial charge in [-0.2, -0.15) is 10.2 Å². The summed E-state index contributed by atoms with van der Waals surface area (Å²) in [5, 5.41) is 9.11. The minimum absolute atomic E-state index is 0.106. The highest BCUT2D eigenvalue weighted by Gasteiger charge is 2.20. The average molecular weight is 379 g/mol. The lowest BCUT2D eigenvalue weighted by Crippen LogP contribution is -2.23. The Hall–Kier alpha value is -3.55. The molecule has 4 aromatic rings. The SMILES string of the molecule is COc1cc(F)cc(-c2nn3ccncc3c2-c2ccc(=O)n(C(C)C)n2)c1. The van der Waals surface area contributed by atoms with Crippen LogP contribution in [-0.4, -0.2) is 31.5 Å². The first-order chi connectivity index (χ1) is 13.5. The molecule has 0 radical (unpaired) electrons. The number of methoxy groups -OCH3 is 1. The highest BCUT2D eigenvalue weighted by Crippen LogP contribution is 2.35. The van der Waals surface area contributed by atoms with Crippen molar-refractivity contribution < 1.29 is 9.13 Å². The fraction of sp³-hybridized carbons (Fsp3) is 0.200. The predicted molar refractivity (Wildman–Crippen MR) is 103 cm³/mol. The number of fused-ring (bicyclic) bond motifs is 1. The molecule has 3 aromatic heterocycles. The van der Waals surface area contributed by atoms with Crippen LogP contribution in [0.3, 0.4) is 0 Å². The topological polar surface area (TPSA) is 74.3 Å². The van der Waals surface area contributed by atoms with Crippen molar-refractivity contribution in [1.82, 2.24) is 24.4 Å². The van der Waals surface area contributed by atoms with E-state index in [2.05, 4.69) is 15.2 Å². The minimum Gasteiger partial charge on any atom is -0.497 e. The van der Waals surface area contributed by atoms with Crippen LogP contribution in [-0.2, 0) is 0 Å². The summed E-state index contributed by atoms with van der Waals surface area (Å²) in [6, 6.07) is 7.41. The van der Waals surface area contributed by atoms with Crippen LogP contribution >= 0.6 is 0 Å². The zero-order valence-electron chi connectivity index (χ0n) is 15.6. The lowest BCUT2D eigenvalue weighted by atomic mass is 10.0. The van der Waals surface area contributed by atoms with Crippen molar-refractivity contribution in [2.24, 2.45) is 0 Å². The Kier molecular flexibility index (Phi) is 4.38. The van der Waals surface area contributed by atoms with Gasteiger partial charge in [0.15, 0.2) is 0 Å². The molecular weight excluding hydrogens is 361 g/mol. The molecule has 4 rings (SSSR count). The normalized spacial score (nSPS) is 11.3. The van der Waals surface area contributed by atoms with E-state index in [1.807, 2.05) is 13.8 Å². The quantitative estimate of drug-likeness (QED) is 0.544. The molecule has 0 fully saturated rings. The van der Waals surface area contributed by atoms with Crippen molar-refractivity contribution in [3.8, 4) is 28.3 Å². The Morgan fingerprint density at radius 1 is 1.14 bits per heavy atom. The van der Waals surface area contributed by atoms with Gasteiger partial charge in [-0.15, -0.1) is 0 Å². The molecule has 0 aliphatic rings. The number of ether oxygens (including phenoxy) is 1. The maximum absolute atomic E-state index is 14.1. The number of aromatic nitrogens is 5. The maximum atomic E-state index is 14.1. The predicted octanol–water partition coefficient (Wildman–Crippen LogP) is 3.35. The molecule has 0 spiro atoms. The lowest BCUT2D eigenvalue weighted by Gasteiger charge is -2.11. The molecule has 1 aromatic carbocycles. The molecule has 142 valence electrons. The Morgan fingerprint density at radius 3 is 2.71 bits per heavy atom. The molecule has 7 nitrogen and oxygen atoms in total. The van der Waals surface area contributed by atoms with E-state index in [0.29, 0.717) is 33.8 Å². The third kappa shape index (κ3) is 3.02. The summed E-state index contributed by atoms with van der Waals surface area (Å²) in [6.07, 6.45) is 4.98. The Bertz CT molecular complexity index is 1230. The van der Waals surface area contributed by atoms with Crippen LogP contribution in [0.1, 0.15) is 19.9 Å². The van der Waals surface area contributed by atoms with E-state index >= 15 is 0 Å². The summed E-state index contributed by atoms with van der Waals surface area (Å²) in [4.78, 5) is 16.3. The van der Waals surface area contributed by atoms with Crippen molar-refractivity contribution in [1.29, 1.82) is 0 Å². The van der Waals surface area contributed by atoms with Gasteiger partial charge in [-0.3, -0.25) is 9.78 Å². The lowest BCUT2D eigenvalue weighted by molar-refractivity contribution is 0.411. The van der Waals surface area contributed by atoms with E-state index in [4.69, 9.17) is 4.74 Å². The van der Waals surface area contributed by atoms with Crippen molar-refractivity contribution >= 4 is 5.52 Å². The number of halogens is 1. The van der Waals surface area contributed by atoms with Crippen LogP contribution < -0.4 is 10.3 Å². The molecule has 0 amide bonds. The van der Waals surface area contributed by atoms with Gasteiger partial charge >= 0.3 is 0 Å². The fourth-order valence-electron chi connectivity index (χ4n) is 3.10. The zero-order chi connectivity index (χ0) is 19.8. The molecule has 0 aliphatic carbocycles. The Morgan fingerprint density at radius 2 is 1.96 bits per heavy atom. The number of nitrogens with zero attached hydrogens (tertiary/aromatic N) is 5. The summed E-state index contributed by atoms with van der Waals surface area (Å²) >= 11 is 0. The number of rotatable bonds is 4. The first-order valence-electron chi connectivity index (χ1n) is 8.75. The van der Waals surface area contributed by atoms with Crippen LogP contribution in [0.4, 0.5) is 4.39 Å². The van der Waals surface area contributed by atoms with Crippen molar-refractivity contribution in [2.75, 3.05) is 7.11 Å². The van der Waals surface area contributed by atoms with Gasteiger partial charge < -0.3 is 4.74 Å². The smallest absolute Gasteiger partial charge is 0.267 e. The summed E-state index contributed by atoms with van der Waals surface area (Å²) in [7, 11) is 1.48. The minimum atomic E-state index is -0.435. The van der Waals surface area contributed by atoms with Gasteiger partial charge in [-0.25, -0.2) is 13.6 Å². The third-order valence-corrected chi connectivity index (χ3v) is 4.39. The fourth-order valence-corrected chi connectivity index (χ4v) is 3.10. The van der Waals surface area contributed by atoms with Crippen LogP contribution in [0.25, 0.3) is 28.0 Å². The first kappa shape index (κ1) is 17.8. The van der Waals surface area contributed by atoms with E-state index in [0.717, 1.165) is 0 Å². The van der Waals surface area contributed by atoms with Gasteiger partial charge in [-0.1, -0.05) is 0 Å². The van der Waals surface area contributed by atoms with Crippen LogP contribution in [0, 0.1) is 5.82 Å². The molecule has 0 saturated heterocycles. The van der Waals surface area contributed by atoms with E-state index in [9.17, 15) is 9.18 Å². The van der Waals surface area contributed by atoms with E-state index in [-0.39, 0.29) is 11.6 Å². The highest BCUT2D eigenvalue weighted by atomic mass is 19.1. The van der Waals surface area contributed by atoms with Crippen molar-refractivity contribution in [3.63, 3.8) is 0 Å². The third-order valence-electron chi connectivity index (χ3n) is 4.39. The number of hydrogen-bond donors (Lipinski definition) is 0. The summed E-state index contributed by atoms with van der Waals surface area (Å²) < 4.78 is 22.4. The molecule has 0 saturated carbocycles. The van der Waals surface area contributed by atoms with Crippen LogP contribution in [0.5, 0.6) is 5.75 Å².